The number of carbonyl (C=O) groups is 1. The number of carbonyl (C=O) groups excluding carboxylic acids is 1. The van der Waals surface area contributed by atoms with Crippen molar-refractivity contribution >= 4 is 17.2 Å². The Morgan fingerprint density at radius 2 is 1.86 bits per heavy atom. The van der Waals surface area contributed by atoms with Gasteiger partial charge in [-0.15, -0.1) is 11.3 Å². The van der Waals surface area contributed by atoms with E-state index in [9.17, 15) is 9.18 Å². The van der Waals surface area contributed by atoms with Crippen LogP contribution in [-0.2, 0) is 11.3 Å². The topological polar surface area (TPSA) is 23.6 Å². The molecule has 5 heteroatoms. The van der Waals surface area contributed by atoms with E-state index in [0.717, 1.165) is 26.2 Å². The van der Waals surface area contributed by atoms with Crippen molar-refractivity contribution < 1.29 is 9.18 Å². The van der Waals surface area contributed by atoms with Gasteiger partial charge in [-0.25, -0.2) is 4.39 Å². The molecule has 1 fully saturated rings. The van der Waals surface area contributed by atoms with E-state index in [4.69, 9.17) is 0 Å². The molecule has 2 atom stereocenters. The predicted molar refractivity (Wildman–Crippen MR) is 119 cm³/mol. The number of nitrogens with zero attached hydrogens (tertiary/aromatic N) is 2. The van der Waals surface area contributed by atoms with Crippen LogP contribution in [0.1, 0.15) is 49.6 Å². The van der Waals surface area contributed by atoms with Crippen molar-refractivity contribution in [3.8, 4) is 0 Å². The van der Waals surface area contributed by atoms with E-state index in [0.29, 0.717) is 11.8 Å². The van der Waals surface area contributed by atoms with Crippen LogP contribution in [-0.4, -0.2) is 41.4 Å². The summed E-state index contributed by atoms with van der Waals surface area (Å²) in [5, 5.41) is 2.15. The Morgan fingerprint density at radius 1 is 1.17 bits per heavy atom. The molecule has 158 valence electrons. The fraction of sp³-hybridized carbons (Fsp3) is 0.542. The van der Waals surface area contributed by atoms with Crippen LogP contribution >= 0.6 is 11.3 Å². The molecule has 1 aromatic heterocycles. The first-order valence-corrected chi connectivity index (χ1v) is 11.5. The van der Waals surface area contributed by atoms with Crippen molar-refractivity contribution in [2.24, 2.45) is 11.8 Å². The van der Waals surface area contributed by atoms with E-state index in [1.54, 1.807) is 12.1 Å². The maximum absolute atomic E-state index is 13.5. The average Bonchev–Trinajstić information content (AvgIpc) is 3.26. The SMILES string of the molecule is Cc1ccsc1CN1CC(CN(C(=O)C(C)C)C(C)C)C(c2ccc(F)cc2)C1. The Bertz CT molecular complexity index is 815. The average molecular weight is 417 g/mol. The standard InChI is InChI=1S/C24H33FN2OS/c1-16(2)24(28)27(17(3)4)13-20-12-26(15-23-18(5)10-11-29-23)14-22(20)19-6-8-21(25)9-7-19/h6-11,16-17,20,22H,12-15H2,1-5H3. The van der Waals surface area contributed by atoms with E-state index >= 15 is 0 Å². The molecule has 0 N–H and O–H groups in total. The number of rotatable bonds is 7. The highest BCUT2D eigenvalue weighted by atomic mass is 32.1. The molecule has 0 saturated carbocycles. The van der Waals surface area contributed by atoms with Gasteiger partial charge in [-0.3, -0.25) is 9.69 Å². The van der Waals surface area contributed by atoms with Crippen LogP contribution in [0.5, 0.6) is 0 Å². The summed E-state index contributed by atoms with van der Waals surface area (Å²) in [7, 11) is 0. The molecule has 1 aliphatic heterocycles. The highest BCUT2D eigenvalue weighted by molar-refractivity contribution is 7.10. The third kappa shape index (κ3) is 5.26. The molecule has 1 saturated heterocycles. The van der Waals surface area contributed by atoms with Gasteiger partial charge in [-0.1, -0.05) is 26.0 Å². The third-order valence-electron chi connectivity index (χ3n) is 5.98. The number of thiophene rings is 1. The predicted octanol–water partition coefficient (Wildman–Crippen LogP) is 5.30. The molecular weight excluding hydrogens is 383 g/mol. The van der Waals surface area contributed by atoms with Crippen molar-refractivity contribution in [1.29, 1.82) is 0 Å². The Kier molecular flexibility index (Phi) is 7.12. The zero-order valence-electron chi connectivity index (χ0n) is 18.2. The summed E-state index contributed by atoms with van der Waals surface area (Å²) in [5.74, 6) is 0.648. The number of halogens is 1. The lowest BCUT2D eigenvalue weighted by atomic mass is 9.88. The molecule has 1 aliphatic rings. The Hall–Kier alpha value is -1.72. The molecule has 1 amide bonds. The lowest BCUT2D eigenvalue weighted by molar-refractivity contribution is -0.136. The van der Waals surface area contributed by atoms with E-state index < -0.39 is 0 Å². The van der Waals surface area contributed by atoms with Gasteiger partial charge < -0.3 is 4.90 Å². The second kappa shape index (κ2) is 9.40. The van der Waals surface area contributed by atoms with Crippen LogP contribution in [0.3, 0.4) is 0 Å². The first-order valence-electron chi connectivity index (χ1n) is 10.6. The highest BCUT2D eigenvalue weighted by Gasteiger charge is 2.36. The molecule has 3 rings (SSSR count). The minimum absolute atomic E-state index is 0.00653. The fourth-order valence-electron chi connectivity index (χ4n) is 4.27. The van der Waals surface area contributed by atoms with E-state index in [1.165, 1.54) is 16.0 Å². The Labute approximate surface area is 178 Å². The van der Waals surface area contributed by atoms with Crippen LogP contribution in [0.15, 0.2) is 35.7 Å². The van der Waals surface area contributed by atoms with Crippen molar-refractivity contribution in [3.05, 3.63) is 57.5 Å². The zero-order chi connectivity index (χ0) is 21.1. The van der Waals surface area contributed by atoms with Gasteiger partial charge in [0.1, 0.15) is 5.82 Å². The molecule has 0 aliphatic carbocycles. The van der Waals surface area contributed by atoms with Crippen LogP contribution in [0.2, 0.25) is 0 Å². The maximum Gasteiger partial charge on any atom is 0.225 e. The smallest absolute Gasteiger partial charge is 0.225 e. The van der Waals surface area contributed by atoms with E-state index in [2.05, 4.69) is 37.1 Å². The van der Waals surface area contributed by atoms with Gasteiger partial charge in [0.2, 0.25) is 5.91 Å². The normalized spacial score (nSPS) is 20.0. The first-order chi connectivity index (χ1) is 13.8. The van der Waals surface area contributed by atoms with E-state index in [1.807, 2.05) is 42.2 Å². The lowest BCUT2D eigenvalue weighted by Crippen LogP contribution is -2.43. The minimum Gasteiger partial charge on any atom is -0.340 e. The summed E-state index contributed by atoms with van der Waals surface area (Å²) in [4.78, 5) is 18.7. The maximum atomic E-state index is 13.5. The number of benzene rings is 1. The van der Waals surface area contributed by atoms with Gasteiger partial charge in [0, 0.05) is 48.9 Å². The molecule has 2 unspecified atom stereocenters. The lowest BCUT2D eigenvalue weighted by Gasteiger charge is -2.33. The molecule has 29 heavy (non-hydrogen) atoms. The van der Waals surface area contributed by atoms with Crippen LogP contribution in [0, 0.1) is 24.6 Å². The van der Waals surface area contributed by atoms with Crippen LogP contribution < -0.4 is 0 Å². The summed E-state index contributed by atoms with van der Waals surface area (Å²) in [6.07, 6.45) is 0. The minimum atomic E-state index is -0.201. The quantitative estimate of drug-likeness (QED) is 0.611. The van der Waals surface area contributed by atoms with Gasteiger partial charge in [0.05, 0.1) is 0 Å². The molecule has 0 radical (unpaired) electrons. The molecule has 2 aromatic rings. The van der Waals surface area contributed by atoms with Crippen molar-refractivity contribution in [3.63, 3.8) is 0 Å². The third-order valence-corrected chi connectivity index (χ3v) is 6.99. The summed E-state index contributed by atoms with van der Waals surface area (Å²) in [6.45, 7) is 13.9. The first kappa shape index (κ1) is 22.0. The number of hydrogen-bond donors (Lipinski definition) is 0. The van der Waals surface area contributed by atoms with Crippen molar-refractivity contribution in [2.45, 2.75) is 53.1 Å². The van der Waals surface area contributed by atoms with Crippen LogP contribution in [0.25, 0.3) is 0 Å². The highest BCUT2D eigenvalue weighted by Crippen LogP contribution is 2.35. The molecule has 3 nitrogen and oxygen atoms in total. The van der Waals surface area contributed by atoms with Crippen molar-refractivity contribution in [2.75, 3.05) is 19.6 Å². The summed E-state index contributed by atoms with van der Waals surface area (Å²) in [5.41, 5.74) is 2.51. The largest absolute Gasteiger partial charge is 0.340 e. The summed E-state index contributed by atoms with van der Waals surface area (Å²) >= 11 is 1.81. The molecule has 0 spiro atoms. The number of hydrogen-bond acceptors (Lipinski definition) is 3. The molecule has 1 aromatic carbocycles. The Balaban J connectivity index is 1.82. The number of aryl methyl sites for hydroxylation is 1. The van der Waals surface area contributed by atoms with Gasteiger partial charge in [-0.2, -0.15) is 0 Å². The van der Waals surface area contributed by atoms with Gasteiger partial charge in [-0.05, 0) is 61.4 Å². The van der Waals surface area contributed by atoms with Crippen LogP contribution in [0.4, 0.5) is 4.39 Å². The Morgan fingerprint density at radius 3 is 2.41 bits per heavy atom. The monoisotopic (exact) mass is 416 g/mol. The zero-order valence-corrected chi connectivity index (χ0v) is 19.0. The summed E-state index contributed by atoms with van der Waals surface area (Å²) in [6, 6.07) is 9.28. The second-order valence-corrected chi connectivity index (χ2v) is 9.88. The van der Waals surface area contributed by atoms with Gasteiger partial charge in [0.15, 0.2) is 0 Å². The summed E-state index contributed by atoms with van der Waals surface area (Å²) < 4.78 is 13.5. The van der Waals surface area contributed by atoms with Gasteiger partial charge in [0.25, 0.3) is 0 Å². The molecule has 0 bridgehead atoms. The van der Waals surface area contributed by atoms with Gasteiger partial charge >= 0.3 is 0 Å². The van der Waals surface area contributed by atoms with Crippen molar-refractivity contribution in [1.82, 2.24) is 9.80 Å². The number of amides is 1. The molecular formula is C24H33FN2OS. The second-order valence-electron chi connectivity index (χ2n) is 8.88. The number of likely N-dealkylation sites (tertiary alicyclic amines) is 1. The molecule has 2 heterocycles. The van der Waals surface area contributed by atoms with E-state index in [-0.39, 0.29) is 23.7 Å². The fourth-order valence-corrected chi connectivity index (χ4v) is 5.22.